The molecule has 0 amide bonds. The molecule has 0 unspecified atom stereocenters. The Kier molecular flexibility index (Phi) is 2.94. The largest absolute Gasteiger partial charge is 0.348 e. The van der Waals surface area contributed by atoms with Crippen molar-refractivity contribution in [3.05, 3.63) is 53.6 Å². The van der Waals surface area contributed by atoms with Crippen molar-refractivity contribution < 1.29 is 0 Å². The molecule has 2 heteroatoms. The number of nitrogens with zero attached hydrogens (tertiary/aromatic N) is 1. The Morgan fingerprint density at radius 2 is 1.94 bits per heavy atom. The average Bonchev–Trinajstić information content (AvgIpc) is 3.03. The fraction of sp³-hybridized carbons (Fsp3) is 0.438. The van der Waals surface area contributed by atoms with Gasteiger partial charge in [-0.15, -0.1) is 0 Å². The highest BCUT2D eigenvalue weighted by Gasteiger charge is 2.39. The van der Waals surface area contributed by atoms with Gasteiger partial charge >= 0.3 is 0 Å². The van der Waals surface area contributed by atoms with E-state index in [0.717, 1.165) is 12.8 Å². The first kappa shape index (κ1) is 11.5. The Morgan fingerprint density at radius 1 is 1.22 bits per heavy atom. The number of unbranched alkanes of at least 4 members (excludes halogenated alkanes) is 1. The third kappa shape index (κ3) is 1.86. The van der Waals surface area contributed by atoms with Crippen molar-refractivity contribution in [2.45, 2.75) is 44.4 Å². The molecule has 1 aliphatic rings. The molecular formula is C16H20N2. The molecule has 1 heterocycles. The summed E-state index contributed by atoms with van der Waals surface area (Å²) in [4.78, 5) is 7.58. The molecule has 18 heavy (non-hydrogen) atoms. The Balaban J connectivity index is 1.95. The highest BCUT2D eigenvalue weighted by molar-refractivity contribution is 5.39. The van der Waals surface area contributed by atoms with Crippen LogP contribution in [0.15, 0.2) is 36.8 Å². The zero-order chi connectivity index (χ0) is 12.4. The summed E-state index contributed by atoms with van der Waals surface area (Å²) in [6, 6.07) is 8.86. The van der Waals surface area contributed by atoms with Crippen LogP contribution in [0.4, 0.5) is 0 Å². The van der Waals surface area contributed by atoms with Gasteiger partial charge in [-0.2, -0.15) is 0 Å². The van der Waals surface area contributed by atoms with Gasteiger partial charge in [-0.25, -0.2) is 4.98 Å². The molecule has 2 aromatic rings. The lowest BCUT2D eigenvalue weighted by molar-refractivity contribution is 0.389. The minimum Gasteiger partial charge on any atom is -0.348 e. The van der Waals surface area contributed by atoms with E-state index in [4.69, 9.17) is 0 Å². The van der Waals surface area contributed by atoms with E-state index in [2.05, 4.69) is 41.2 Å². The highest BCUT2D eigenvalue weighted by atomic mass is 14.9. The second-order valence-corrected chi connectivity index (χ2v) is 5.47. The van der Waals surface area contributed by atoms with Crippen LogP contribution in [0, 0.1) is 0 Å². The number of fused-ring (bicyclic) bond motifs is 1. The molecule has 3 rings (SSSR count). The summed E-state index contributed by atoms with van der Waals surface area (Å²) in [6.07, 6.45) is 9.93. The predicted molar refractivity (Wildman–Crippen MR) is 73.6 cm³/mol. The van der Waals surface area contributed by atoms with Crippen LogP contribution in [0.5, 0.6) is 0 Å². The van der Waals surface area contributed by atoms with Crippen LogP contribution >= 0.6 is 0 Å². The van der Waals surface area contributed by atoms with Crippen molar-refractivity contribution in [1.29, 1.82) is 0 Å². The van der Waals surface area contributed by atoms with E-state index < -0.39 is 0 Å². The van der Waals surface area contributed by atoms with Gasteiger partial charge in [-0.3, -0.25) is 0 Å². The molecule has 1 aliphatic carbocycles. The van der Waals surface area contributed by atoms with Gasteiger partial charge in [0.15, 0.2) is 0 Å². The van der Waals surface area contributed by atoms with Crippen molar-refractivity contribution in [2.75, 3.05) is 0 Å². The Labute approximate surface area is 108 Å². The number of nitrogens with one attached hydrogen (secondary N) is 1. The first-order valence-electron chi connectivity index (χ1n) is 6.90. The highest BCUT2D eigenvalue weighted by Crippen LogP contribution is 2.42. The number of H-pyrrole nitrogens is 1. The number of aromatic amines is 1. The van der Waals surface area contributed by atoms with E-state index in [9.17, 15) is 0 Å². The molecule has 94 valence electrons. The third-order valence-corrected chi connectivity index (χ3v) is 4.25. The Hall–Kier alpha value is -1.57. The molecule has 0 spiro atoms. The summed E-state index contributed by atoms with van der Waals surface area (Å²) in [5.74, 6) is 0. The first-order chi connectivity index (χ1) is 8.84. The summed E-state index contributed by atoms with van der Waals surface area (Å²) in [5.41, 5.74) is 4.61. The Morgan fingerprint density at radius 3 is 2.50 bits per heavy atom. The third-order valence-electron chi connectivity index (χ3n) is 4.25. The number of imidazole rings is 1. The summed E-state index contributed by atoms with van der Waals surface area (Å²) in [6.45, 7) is 2.27. The van der Waals surface area contributed by atoms with Gasteiger partial charge in [0.25, 0.3) is 0 Å². The second-order valence-electron chi connectivity index (χ2n) is 5.47. The fourth-order valence-corrected chi connectivity index (χ4v) is 3.26. The van der Waals surface area contributed by atoms with Gasteiger partial charge < -0.3 is 4.98 Å². The summed E-state index contributed by atoms with van der Waals surface area (Å²) < 4.78 is 0. The van der Waals surface area contributed by atoms with E-state index in [1.54, 1.807) is 0 Å². The van der Waals surface area contributed by atoms with Gasteiger partial charge in [0.2, 0.25) is 0 Å². The maximum Gasteiger partial charge on any atom is 0.0921 e. The van der Waals surface area contributed by atoms with E-state index in [1.807, 2.05) is 12.5 Å². The summed E-state index contributed by atoms with van der Waals surface area (Å²) in [7, 11) is 0. The minimum atomic E-state index is 0.260. The molecule has 0 atom stereocenters. The quantitative estimate of drug-likeness (QED) is 0.868. The number of benzene rings is 1. The van der Waals surface area contributed by atoms with E-state index in [0.29, 0.717) is 0 Å². The minimum absolute atomic E-state index is 0.260. The molecule has 0 fully saturated rings. The lowest BCUT2D eigenvalue weighted by Gasteiger charge is -2.27. The van der Waals surface area contributed by atoms with Crippen LogP contribution in [0.1, 0.15) is 43.0 Å². The maximum absolute atomic E-state index is 4.23. The molecule has 1 aromatic carbocycles. The van der Waals surface area contributed by atoms with Crippen molar-refractivity contribution in [2.24, 2.45) is 0 Å². The molecule has 0 radical (unpaired) electrons. The molecule has 1 N–H and O–H groups in total. The standard InChI is InChI=1S/C16H20N2/c1-2-3-8-16(15-11-17-12-18-15)9-13-6-4-5-7-14(13)10-16/h4-7,11-12H,2-3,8-10H2,1H3,(H,17,18). The van der Waals surface area contributed by atoms with Gasteiger partial charge in [-0.05, 0) is 30.4 Å². The van der Waals surface area contributed by atoms with Gasteiger partial charge in [0.1, 0.15) is 0 Å². The smallest absolute Gasteiger partial charge is 0.0921 e. The molecule has 2 nitrogen and oxygen atoms in total. The molecule has 0 bridgehead atoms. The van der Waals surface area contributed by atoms with Gasteiger partial charge in [-0.1, -0.05) is 44.0 Å². The summed E-state index contributed by atoms with van der Waals surface area (Å²) >= 11 is 0. The van der Waals surface area contributed by atoms with Crippen LogP contribution in [-0.2, 0) is 18.3 Å². The number of hydrogen-bond donors (Lipinski definition) is 1. The number of hydrogen-bond acceptors (Lipinski definition) is 1. The molecule has 0 saturated carbocycles. The zero-order valence-corrected chi connectivity index (χ0v) is 10.9. The average molecular weight is 240 g/mol. The van der Waals surface area contributed by atoms with Gasteiger partial charge in [0.05, 0.1) is 6.33 Å². The number of rotatable bonds is 4. The SMILES string of the molecule is CCCCC1(c2cnc[nH]2)Cc2ccccc2C1. The number of aromatic nitrogens is 2. The van der Waals surface area contributed by atoms with Crippen molar-refractivity contribution in [3.63, 3.8) is 0 Å². The molecular weight excluding hydrogens is 220 g/mol. The van der Waals surface area contributed by atoms with E-state index in [1.165, 1.54) is 36.1 Å². The second kappa shape index (κ2) is 4.60. The predicted octanol–water partition coefficient (Wildman–Crippen LogP) is 3.64. The topological polar surface area (TPSA) is 28.7 Å². The van der Waals surface area contributed by atoms with Crippen LogP contribution < -0.4 is 0 Å². The van der Waals surface area contributed by atoms with Crippen molar-refractivity contribution in [3.8, 4) is 0 Å². The fourth-order valence-electron chi connectivity index (χ4n) is 3.26. The lowest BCUT2D eigenvalue weighted by atomic mass is 9.77. The van der Waals surface area contributed by atoms with Crippen LogP contribution in [0.3, 0.4) is 0 Å². The van der Waals surface area contributed by atoms with Crippen LogP contribution in [0.25, 0.3) is 0 Å². The van der Waals surface area contributed by atoms with Crippen molar-refractivity contribution in [1.82, 2.24) is 9.97 Å². The van der Waals surface area contributed by atoms with Crippen LogP contribution in [-0.4, -0.2) is 9.97 Å². The molecule has 1 aromatic heterocycles. The lowest BCUT2D eigenvalue weighted by Crippen LogP contribution is -2.27. The van der Waals surface area contributed by atoms with Crippen LogP contribution in [0.2, 0.25) is 0 Å². The van der Waals surface area contributed by atoms with E-state index >= 15 is 0 Å². The van der Waals surface area contributed by atoms with E-state index in [-0.39, 0.29) is 5.41 Å². The maximum atomic E-state index is 4.23. The molecule has 0 saturated heterocycles. The molecule has 0 aliphatic heterocycles. The van der Waals surface area contributed by atoms with Gasteiger partial charge in [0, 0.05) is 17.3 Å². The zero-order valence-electron chi connectivity index (χ0n) is 10.9. The monoisotopic (exact) mass is 240 g/mol. The van der Waals surface area contributed by atoms with Crippen molar-refractivity contribution >= 4 is 0 Å². The first-order valence-corrected chi connectivity index (χ1v) is 6.90. The summed E-state index contributed by atoms with van der Waals surface area (Å²) in [5, 5.41) is 0. The Bertz CT molecular complexity index is 489. The normalized spacial score (nSPS) is 16.7.